The van der Waals surface area contributed by atoms with E-state index in [2.05, 4.69) is 61.6 Å². The van der Waals surface area contributed by atoms with E-state index in [1.807, 2.05) is 6.07 Å². The van der Waals surface area contributed by atoms with Crippen molar-refractivity contribution in [1.29, 1.82) is 0 Å². The summed E-state index contributed by atoms with van der Waals surface area (Å²) < 4.78 is 6.33. The molecule has 1 N–H and O–H groups in total. The molecule has 0 amide bonds. The molecule has 0 bridgehead atoms. The van der Waals surface area contributed by atoms with Crippen LogP contribution < -0.4 is 5.32 Å². The van der Waals surface area contributed by atoms with Crippen molar-refractivity contribution >= 4 is 0 Å². The Hall–Kier alpha value is -1.64. The summed E-state index contributed by atoms with van der Waals surface area (Å²) in [5.41, 5.74) is 5.14. The van der Waals surface area contributed by atoms with Gasteiger partial charge in [0.15, 0.2) is 0 Å². The molecule has 2 unspecified atom stereocenters. The number of hydrogen-bond donors (Lipinski definition) is 1. The second kappa shape index (κ2) is 5.78. The predicted octanol–water partition coefficient (Wildman–Crippen LogP) is 3.71. The number of rotatable bonds is 2. The zero-order chi connectivity index (χ0) is 13.9. The summed E-state index contributed by atoms with van der Waals surface area (Å²) in [5, 5.41) is 3.50. The van der Waals surface area contributed by atoms with Gasteiger partial charge in [0.2, 0.25) is 0 Å². The first kappa shape index (κ1) is 13.3. The van der Waals surface area contributed by atoms with Crippen LogP contribution >= 0.6 is 0 Å². The predicted molar refractivity (Wildman–Crippen MR) is 81.8 cm³/mol. The fraction of sp³-hybridized carbons (Fsp3) is 0.333. The molecule has 0 radical (unpaired) electrons. The molecule has 2 atom stereocenters. The van der Waals surface area contributed by atoms with Crippen molar-refractivity contribution in [1.82, 2.24) is 5.32 Å². The van der Waals surface area contributed by atoms with Gasteiger partial charge in [-0.15, -0.1) is 0 Å². The minimum atomic E-state index is 0.133. The first-order valence-corrected chi connectivity index (χ1v) is 7.22. The molecule has 104 valence electrons. The topological polar surface area (TPSA) is 21.3 Å². The SMILES string of the molecule is Cc1ccc(C)c(C2CNCC(c3ccccc3)O2)c1. The number of ether oxygens (including phenoxy) is 1. The third-order valence-electron chi connectivity index (χ3n) is 3.94. The van der Waals surface area contributed by atoms with E-state index in [0.717, 1.165) is 13.1 Å². The third kappa shape index (κ3) is 2.77. The molecule has 1 saturated heterocycles. The zero-order valence-corrected chi connectivity index (χ0v) is 12.1. The van der Waals surface area contributed by atoms with Gasteiger partial charge in [0.05, 0.1) is 12.2 Å². The highest BCUT2D eigenvalue weighted by Gasteiger charge is 2.25. The molecule has 2 nitrogen and oxygen atoms in total. The molecule has 1 aliphatic rings. The fourth-order valence-electron chi connectivity index (χ4n) is 2.79. The smallest absolute Gasteiger partial charge is 0.0960 e. The van der Waals surface area contributed by atoms with Gasteiger partial charge in [-0.2, -0.15) is 0 Å². The average molecular weight is 267 g/mol. The third-order valence-corrected chi connectivity index (χ3v) is 3.94. The molecular formula is C18H21NO. The van der Waals surface area contributed by atoms with Crippen LogP contribution in [0.2, 0.25) is 0 Å². The molecule has 1 aliphatic heterocycles. The van der Waals surface area contributed by atoms with Crippen molar-refractivity contribution in [3.63, 3.8) is 0 Å². The van der Waals surface area contributed by atoms with Gasteiger partial charge >= 0.3 is 0 Å². The van der Waals surface area contributed by atoms with Crippen molar-refractivity contribution in [2.24, 2.45) is 0 Å². The molecule has 0 aromatic heterocycles. The Morgan fingerprint density at radius 3 is 2.50 bits per heavy atom. The summed E-state index contributed by atoms with van der Waals surface area (Å²) in [6.07, 6.45) is 0.267. The van der Waals surface area contributed by atoms with Gasteiger partial charge in [0, 0.05) is 13.1 Å². The van der Waals surface area contributed by atoms with Gasteiger partial charge in [-0.3, -0.25) is 0 Å². The number of nitrogens with one attached hydrogen (secondary N) is 1. The minimum Gasteiger partial charge on any atom is -0.363 e. The van der Waals surface area contributed by atoms with Crippen LogP contribution in [0.4, 0.5) is 0 Å². The van der Waals surface area contributed by atoms with E-state index in [1.165, 1.54) is 22.3 Å². The van der Waals surface area contributed by atoms with Crippen LogP contribution in [0.25, 0.3) is 0 Å². The Kier molecular flexibility index (Phi) is 3.86. The largest absolute Gasteiger partial charge is 0.363 e. The summed E-state index contributed by atoms with van der Waals surface area (Å²) in [7, 11) is 0. The van der Waals surface area contributed by atoms with Crippen LogP contribution in [0, 0.1) is 13.8 Å². The number of aryl methyl sites for hydroxylation is 2. The lowest BCUT2D eigenvalue weighted by atomic mass is 9.98. The van der Waals surface area contributed by atoms with Crippen LogP contribution in [-0.2, 0) is 4.74 Å². The Balaban J connectivity index is 1.83. The Labute approximate surface area is 120 Å². The standard InChI is InChI=1S/C18H21NO/c1-13-8-9-14(2)16(10-13)18-12-19-11-17(20-18)15-6-4-3-5-7-15/h3-10,17-19H,11-12H2,1-2H3. The van der Waals surface area contributed by atoms with Crippen LogP contribution in [0.15, 0.2) is 48.5 Å². The summed E-state index contributed by atoms with van der Waals surface area (Å²) >= 11 is 0. The Morgan fingerprint density at radius 2 is 1.70 bits per heavy atom. The van der Waals surface area contributed by atoms with E-state index < -0.39 is 0 Å². The van der Waals surface area contributed by atoms with E-state index in [4.69, 9.17) is 4.74 Å². The molecule has 0 aliphatic carbocycles. The lowest BCUT2D eigenvalue weighted by Crippen LogP contribution is -2.36. The number of hydrogen-bond acceptors (Lipinski definition) is 2. The average Bonchev–Trinajstić information content (AvgIpc) is 2.51. The summed E-state index contributed by atoms with van der Waals surface area (Å²) in [5.74, 6) is 0. The molecule has 3 rings (SSSR count). The maximum Gasteiger partial charge on any atom is 0.0960 e. The maximum atomic E-state index is 6.33. The quantitative estimate of drug-likeness (QED) is 0.895. The highest BCUT2D eigenvalue weighted by atomic mass is 16.5. The second-order valence-electron chi connectivity index (χ2n) is 5.54. The van der Waals surface area contributed by atoms with E-state index in [9.17, 15) is 0 Å². The second-order valence-corrected chi connectivity index (χ2v) is 5.54. The van der Waals surface area contributed by atoms with E-state index in [1.54, 1.807) is 0 Å². The molecule has 1 fully saturated rings. The number of benzene rings is 2. The summed E-state index contributed by atoms with van der Waals surface area (Å²) in [4.78, 5) is 0. The van der Waals surface area contributed by atoms with Gasteiger partial charge in [-0.25, -0.2) is 0 Å². The van der Waals surface area contributed by atoms with Crippen molar-refractivity contribution < 1.29 is 4.74 Å². The lowest BCUT2D eigenvalue weighted by molar-refractivity contribution is -0.0409. The molecular weight excluding hydrogens is 246 g/mol. The normalized spacial score (nSPS) is 22.7. The molecule has 20 heavy (non-hydrogen) atoms. The van der Waals surface area contributed by atoms with Crippen LogP contribution in [-0.4, -0.2) is 13.1 Å². The van der Waals surface area contributed by atoms with Crippen LogP contribution in [0.1, 0.15) is 34.5 Å². The number of morpholine rings is 1. The maximum absolute atomic E-state index is 6.33. The highest BCUT2D eigenvalue weighted by Crippen LogP contribution is 2.31. The van der Waals surface area contributed by atoms with E-state index in [-0.39, 0.29) is 12.2 Å². The van der Waals surface area contributed by atoms with Crippen molar-refractivity contribution in [3.05, 3.63) is 70.8 Å². The van der Waals surface area contributed by atoms with Crippen LogP contribution in [0.3, 0.4) is 0 Å². The van der Waals surface area contributed by atoms with Gasteiger partial charge in [0.25, 0.3) is 0 Å². The monoisotopic (exact) mass is 267 g/mol. The lowest BCUT2D eigenvalue weighted by Gasteiger charge is -2.32. The summed E-state index contributed by atoms with van der Waals surface area (Å²) in [6.45, 7) is 6.05. The van der Waals surface area contributed by atoms with E-state index in [0.29, 0.717) is 0 Å². The highest BCUT2D eigenvalue weighted by molar-refractivity contribution is 5.33. The van der Waals surface area contributed by atoms with Crippen LogP contribution in [0.5, 0.6) is 0 Å². The van der Waals surface area contributed by atoms with Gasteiger partial charge in [-0.05, 0) is 30.5 Å². The molecule has 2 aromatic rings. The molecule has 2 heteroatoms. The summed E-state index contributed by atoms with van der Waals surface area (Å²) in [6, 6.07) is 17.0. The van der Waals surface area contributed by atoms with Gasteiger partial charge in [-0.1, -0.05) is 54.1 Å². The van der Waals surface area contributed by atoms with Gasteiger partial charge < -0.3 is 10.1 Å². The van der Waals surface area contributed by atoms with Gasteiger partial charge in [0.1, 0.15) is 0 Å². The Morgan fingerprint density at radius 1 is 0.950 bits per heavy atom. The molecule has 0 saturated carbocycles. The van der Waals surface area contributed by atoms with Crippen molar-refractivity contribution in [2.45, 2.75) is 26.1 Å². The molecule has 1 heterocycles. The molecule has 2 aromatic carbocycles. The molecule has 0 spiro atoms. The first-order valence-electron chi connectivity index (χ1n) is 7.22. The first-order chi connectivity index (χ1) is 9.74. The van der Waals surface area contributed by atoms with E-state index >= 15 is 0 Å². The Bertz CT molecular complexity index is 579. The fourth-order valence-corrected chi connectivity index (χ4v) is 2.79. The van der Waals surface area contributed by atoms with Crippen molar-refractivity contribution in [3.8, 4) is 0 Å². The van der Waals surface area contributed by atoms with Crippen molar-refractivity contribution in [2.75, 3.05) is 13.1 Å². The zero-order valence-electron chi connectivity index (χ0n) is 12.1. The minimum absolute atomic E-state index is 0.133.